The number of aromatic nitrogens is 3. The first kappa shape index (κ1) is 15.1. The van der Waals surface area contributed by atoms with E-state index >= 15 is 0 Å². The lowest BCUT2D eigenvalue weighted by Crippen LogP contribution is -2.49. The molecule has 8 heteroatoms. The quantitative estimate of drug-likeness (QED) is 0.711. The van der Waals surface area contributed by atoms with Gasteiger partial charge in [-0.2, -0.15) is 4.68 Å². The molecule has 1 aliphatic rings. The molecule has 0 aromatic carbocycles. The van der Waals surface area contributed by atoms with Gasteiger partial charge in [0.2, 0.25) is 0 Å². The minimum atomic E-state index is -0.136. The number of rotatable bonds is 3. The van der Waals surface area contributed by atoms with Crippen molar-refractivity contribution in [3.8, 4) is 0 Å². The Hall–Kier alpha value is -2.45. The second kappa shape index (κ2) is 6.21. The first-order valence-electron chi connectivity index (χ1n) is 7.82. The normalized spacial score (nSPS) is 15.9. The summed E-state index contributed by atoms with van der Waals surface area (Å²) in [5.41, 5.74) is 0.511. The minimum Gasteiger partial charge on any atom is -0.335 e. The van der Waals surface area contributed by atoms with E-state index in [1.165, 1.54) is 20.4 Å². The predicted octanol–water partition coefficient (Wildman–Crippen LogP) is 0.973. The highest BCUT2D eigenvalue weighted by Crippen LogP contribution is 2.14. The molecule has 124 valence electrons. The molecule has 1 fully saturated rings. The van der Waals surface area contributed by atoms with E-state index in [4.69, 9.17) is 0 Å². The van der Waals surface area contributed by atoms with E-state index in [2.05, 4.69) is 10.00 Å². The van der Waals surface area contributed by atoms with Gasteiger partial charge in [0.15, 0.2) is 5.65 Å². The zero-order chi connectivity index (χ0) is 16.5. The van der Waals surface area contributed by atoms with Crippen LogP contribution in [0.5, 0.6) is 0 Å². The number of piperazine rings is 1. The summed E-state index contributed by atoms with van der Waals surface area (Å²) in [5.74, 6) is 0.0922. The van der Waals surface area contributed by atoms with Gasteiger partial charge in [0.05, 0.1) is 11.5 Å². The van der Waals surface area contributed by atoms with Crippen LogP contribution < -0.4 is 5.69 Å². The lowest BCUT2D eigenvalue weighted by atomic mass is 10.3. The van der Waals surface area contributed by atoms with Gasteiger partial charge in [0.25, 0.3) is 5.91 Å². The molecule has 24 heavy (non-hydrogen) atoms. The Kier molecular flexibility index (Phi) is 3.91. The van der Waals surface area contributed by atoms with Gasteiger partial charge in [-0.15, -0.1) is 16.4 Å². The van der Waals surface area contributed by atoms with Crippen LogP contribution in [-0.2, 0) is 6.67 Å². The van der Waals surface area contributed by atoms with Crippen molar-refractivity contribution in [2.24, 2.45) is 0 Å². The third-order valence-electron chi connectivity index (χ3n) is 4.21. The standard InChI is InChI=1S/C16H17N5O2S/c22-15(13-4-3-11-24-13)19-9-7-18(8-10-19)12-21-16(23)20-6-2-1-5-14(20)17-21/h1-6,11H,7-10,12H2. The average molecular weight is 343 g/mol. The largest absolute Gasteiger partial charge is 0.351 e. The lowest BCUT2D eigenvalue weighted by Gasteiger charge is -2.34. The van der Waals surface area contributed by atoms with Gasteiger partial charge in [0, 0.05) is 32.4 Å². The minimum absolute atomic E-state index is 0.0922. The molecule has 4 rings (SSSR count). The van der Waals surface area contributed by atoms with E-state index in [0.29, 0.717) is 25.4 Å². The monoisotopic (exact) mass is 343 g/mol. The zero-order valence-corrected chi connectivity index (χ0v) is 13.9. The van der Waals surface area contributed by atoms with Crippen molar-refractivity contribution in [2.75, 3.05) is 26.2 Å². The van der Waals surface area contributed by atoms with E-state index < -0.39 is 0 Å². The van der Waals surface area contributed by atoms with Gasteiger partial charge in [-0.05, 0) is 23.6 Å². The molecule has 0 saturated carbocycles. The highest BCUT2D eigenvalue weighted by molar-refractivity contribution is 7.12. The first-order valence-corrected chi connectivity index (χ1v) is 8.70. The number of carbonyl (C=O) groups is 1. The number of thiophene rings is 1. The summed E-state index contributed by atoms with van der Waals surface area (Å²) in [7, 11) is 0. The van der Waals surface area contributed by atoms with Crippen LogP contribution in [0.2, 0.25) is 0 Å². The number of amides is 1. The number of fused-ring (bicyclic) bond motifs is 1. The van der Waals surface area contributed by atoms with E-state index in [1.807, 2.05) is 40.6 Å². The molecule has 0 atom stereocenters. The van der Waals surface area contributed by atoms with E-state index in [-0.39, 0.29) is 11.6 Å². The lowest BCUT2D eigenvalue weighted by molar-refractivity contribution is 0.0588. The molecule has 0 aliphatic carbocycles. The van der Waals surface area contributed by atoms with Gasteiger partial charge in [-0.25, -0.2) is 4.79 Å². The van der Waals surface area contributed by atoms with Crippen LogP contribution in [0, 0.1) is 0 Å². The molecule has 0 unspecified atom stereocenters. The van der Waals surface area contributed by atoms with Crippen molar-refractivity contribution in [2.45, 2.75) is 6.67 Å². The SMILES string of the molecule is O=C(c1cccs1)N1CCN(Cn2nc3ccccn3c2=O)CC1. The van der Waals surface area contributed by atoms with Gasteiger partial charge in [0.1, 0.15) is 0 Å². The first-order chi connectivity index (χ1) is 11.7. The Morgan fingerprint density at radius 1 is 1.12 bits per heavy atom. The van der Waals surface area contributed by atoms with Gasteiger partial charge >= 0.3 is 5.69 Å². The maximum Gasteiger partial charge on any atom is 0.351 e. The van der Waals surface area contributed by atoms with E-state index in [0.717, 1.165) is 18.0 Å². The van der Waals surface area contributed by atoms with E-state index in [9.17, 15) is 9.59 Å². The van der Waals surface area contributed by atoms with Gasteiger partial charge in [-0.1, -0.05) is 12.1 Å². The van der Waals surface area contributed by atoms with Crippen molar-refractivity contribution in [3.63, 3.8) is 0 Å². The fourth-order valence-corrected chi connectivity index (χ4v) is 3.59. The molecule has 1 saturated heterocycles. The molecule has 4 heterocycles. The Bertz CT molecular complexity index is 906. The third kappa shape index (κ3) is 2.74. The summed E-state index contributed by atoms with van der Waals surface area (Å²) in [6.45, 7) is 3.24. The fourth-order valence-electron chi connectivity index (χ4n) is 2.90. The molecule has 1 amide bonds. The Morgan fingerprint density at radius 3 is 2.67 bits per heavy atom. The van der Waals surface area contributed by atoms with Crippen molar-refractivity contribution >= 4 is 22.9 Å². The molecule has 7 nitrogen and oxygen atoms in total. The van der Waals surface area contributed by atoms with Crippen LogP contribution >= 0.6 is 11.3 Å². The van der Waals surface area contributed by atoms with Crippen LogP contribution in [0.3, 0.4) is 0 Å². The van der Waals surface area contributed by atoms with Crippen LogP contribution in [0.25, 0.3) is 5.65 Å². The molecule has 3 aromatic heterocycles. The number of nitrogens with zero attached hydrogens (tertiary/aromatic N) is 5. The summed E-state index contributed by atoms with van der Waals surface area (Å²) in [4.78, 5) is 29.4. The van der Waals surface area contributed by atoms with Crippen molar-refractivity contribution in [1.82, 2.24) is 24.0 Å². The van der Waals surface area contributed by atoms with Gasteiger partial charge < -0.3 is 4.90 Å². The summed E-state index contributed by atoms with van der Waals surface area (Å²) in [6.07, 6.45) is 1.72. The van der Waals surface area contributed by atoms with Crippen molar-refractivity contribution in [1.29, 1.82) is 0 Å². The smallest absolute Gasteiger partial charge is 0.335 e. The summed E-state index contributed by atoms with van der Waals surface area (Å²) >= 11 is 1.47. The zero-order valence-electron chi connectivity index (χ0n) is 13.0. The fraction of sp³-hybridized carbons (Fsp3) is 0.312. The maximum atomic E-state index is 12.3. The summed E-state index contributed by atoms with van der Waals surface area (Å²) in [5, 5.41) is 6.26. The van der Waals surface area contributed by atoms with Gasteiger partial charge in [-0.3, -0.25) is 14.1 Å². The Balaban J connectivity index is 1.42. The topological polar surface area (TPSA) is 62.9 Å². The Labute approximate surface area is 142 Å². The van der Waals surface area contributed by atoms with Crippen molar-refractivity contribution in [3.05, 3.63) is 57.3 Å². The molecule has 0 N–H and O–H groups in total. The highest BCUT2D eigenvalue weighted by atomic mass is 32.1. The van der Waals surface area contributed by atoms with Crippen LogP contribution in [0.15, 0.2) is 46.7 Å². The second-order valence-corrected chi connectivity index (χ2v) is 6.69. The number of carbonyl (C=O) groups excluding carboxylic acids is 1. The highest BCUT2D eigenvalue weighted by Gasteiger charge is 2.23. The molecular formula is C16H17N5O2S. The molecule has 3 aromatic rings. The van der Waals surface area contributed by atoms with Crippen LogP contribution in [-0.4, -0.2) is 56.1 Å². The summed E-state index contributed by atoms with van der Waals surface area (Å²) in [6, 6.07) is 9.24. The average Bonchev–Trinajstić information content (AvgIpc) is 3.25. The van der Waals surface area contributed by atoms with Crippen LogP contribution in [0.4, 0.5) is 0 Å². The number of pyridine rings is 1. The van der Waals surface area contributed by atoms with Crippen molar-refractivity contribution < 1.29 is 4.79 Å². The molecule has 0 bridgehead atoms. The third-order valence-corrected chi connectivity index (χ3v) is 5.07. The molecular weight excluding hydrogens is 326 g/mol. The second-order valence-electron chi connectivity index (χ2n) is 5.74. The Morgan fingerprint density at radius 2 is 1.96 bits per heavy atom. The predicted molar refractivity (Wildman–Crippen MR) is 91.2 cm³/mol. The number of hydrogen-bond acceptors (Lipinski definition) is 5. The molecule has 0 radical (unpaired) electrons. The number of hydrogen-bond donors (Lipinski definition) is 0. The molecule has 1 aliphatic heterocycles. The maximum absolute atomic E-state index is 12.3. The van der Waals surface area contributed by atoms with Crippen LogP contribution in [0.1, 0.15) is 9.67 Å². The molecule has 0 spiro atoms. The van der Waals surface area contributed by atoms with E-state index in [1.54, 1.807) is 6.20 Å². The summed E-state index contributed by atoms with van der Waals surface area (Å²) < 4.78 is 3.02.